The third-order valence-corrected chi connectivity index (χ3v) is 5.88. The first-order valence-corrected chi connectivity index (χ1v) is 10.9. The number of carbonyl (C=O) groups is 4. The molecule has 1 spiro atoms. The molecule has 0 atom stereocenters. The second kappa shape index (κ2) is 10.2. The number of rotatable bonds is 9. The third kappa shape index (κ3) is 5.71. The van der Waals surface area contributed by atoms with Crippen molar-refractivity contribution in [2.45, 2.75) is 56.9 Å². The molecule has 0 aromatic heterocycles. The first-order chi connectivity index (χ1) is 14.9. The van der Waals surface area contributed by atoms with E-state index < -0.39 is 5.54 Å². The summed E-state index contributed by atoms with van der Waals surface area (Å²) in [7, 11) is 0. The first kappa shape index (κ1) is 22.5. The highest BCUT2D eigenvalue weighted by Crippen LogP contribution is 2.33. The zero-order chi connectivity index (χ0) is 22.3. The van der Waals surface area contributed by atoms with E-state index in [1.807, 2.05) is 12.1 Å². The lowest BCUT2D eigenvalue weighted by Crippen LogP contribution is -2.48. The number of hydrogen-bond donors (Lipinski definition) is 3. The molecule has 8 heteroatoms. The van der Waals surface area contributed by atoms with E-state index in [1.165, 1.54) is 11.0 Å². The fourth-order valence-electron chi connectivity index (χ4n) is 4.13. The van der Waals surface area contributed by atoms with Gasteiger partial charge in [-0.1, -0.05) is 38.0 Å². The number of urea groups is 1. The summed E-state index contributed by atoms with van der Waals surface area (Å²) >= 11 is 0. The van der Waals surface area contributed by atoms with Crippen LogP contribution in [0.25, 0.3) is 0 Å². The van der Waals surface area contributed by atoms with E-state index in [4.69, 9.17) is 0 Å². The molecule has 3 N–H and O–H groups in total. The highest BCUT2D eigenvalue weighted by Gasteiger charge is 2.50. The van der Waals surface area contributed by atoms with E-state index in [0.29, 0.717) is 50.9 Å². The lowest BCUT2D eigenvalue weighted by Gasteiger charge is -2.30. The fourth-order valence-corrected chi connectivity index (χ4v) is 4.13. The maximum Gasteiger partial charge on any atom is 0.325 e. The van der Waals surface area contributed by atoms with Crippen molar-refractivity contribution in [1.29, 1.82) is 0 Å². The fraction of sp³-hybridized carbons (Fsp3) is 0.478. The van der Waals surface area contributed by atoms with Gasteiger partial charge in [-0.2, -0.15) is 0 Å². The first-order valence-electron chi connectivity index (χ1n) is 10.9. The van der Waals surface area contributed by atoms with Crippen molar-refractivity contribution < 1.29 is 19.2 Å². The normalized spacial score (nSPS) is 17.4. The lowest BCUT2D eigenvalue weighted by molar-refractivity contribution is -0.132. The summed E-state index contributed by atoms with van der Waals surface area (Å²) in [4.78, 5) is 49.6. The Balaban J connectivity index is 1.35. The van der Waals surface area contributed by atoms with Gasteiger partial charge in [0, 0.05) is 25.2 Å². The van der Waals surface area contributed by atoms with Gasteiger partial charge < -0.3 is 16.0 Å². The number of nitrogens with one attached hydrogen (secondary N) is 3. The van der Waals surface area contributed by atoms with Crippen molar-refractivity contribution in [3.8, 4) is 0 Å². The largest absolute Gasteiger partial charge is 0.356 e. The van der Waals surface area contributed by atoms with E-state index in [9.17, 15) is 19.2 Å². The summed E-state index contributed by atoms with van der Waals surface area (Å²) in [5.41, 5.74) is 0.972. The number of nitrogens with zero attached hydrogens (tertiary/aromatic N) is 1. The minimum absolute atomic E-state index is 0.0787. The Kier molecular flexibility index (Phi) is 7.44. The van der Waals surface area contributed by atoms with Gasteiger partial charge in [0.25, 0.3) is 5.91 Å². The Morgan fingerprint density at radius 2 is 1.84 bits per heavy atom. The van der Waals surface area contributed by atoms with Gasteiger partial charge in [0.05, 0.1) is 0 Å². The van der Waals surface area contributed by atoms with E-state index in [-0.39, 0.29) is 23.8 Å². The summed E-state index contributed by atoms with van der Waals surface area (Å²) in [5.74, 6) is -0.463. The van der Waals surface area contributed by atoms with E-state index >= 15 is 0 Å². The molecule has 1 aliphatic heterocycles. The molecule has 3 rings (SSSR count). The van der Waals surface area contributed by atoms with Gasteiger partial charge in [-0.25, -0.2) is 4.79 Å². The van der Waals surface area contributed by atoms with Gasteiger partial charge >= 0.3 is 6.03 Å². The van der Waals surface area contributed by atoms with E-state index in [2.05, 4.69) is 22.5 Å². The molecule has 0 unspecified atom stereocenters. The Bertz CT molecular complexity index is 844. The quantitative estimate of drug-likeness (QED) is 0.320. The summed E-state index contributed by atoms with van der Waals surface area (Å²) in [5, 5.41) is 8.42. The number of imide groups is 1. The molecule has 1 saturated heterocycles. The van der Waals surface area contributed by atoms with Crippen LogP contribution in [0.4, 0.5) is 10.5 Å². The molecule has 166 valence electrons. The van der Waals surface area contributed by atoms with Crippen molar-refractivity contribution in [1.82, 2.24) is 15.5 Å². The SMILES string of the molecule is C=CC(=O)Nc1ccc(CCC(=O)NCCCN2C(=O)NC3(CCCCC3)C2=O)cc1. The van der Waals surface area contributed by atoms with Crippen LogP contribution in [0, 0.1) is 0 Å². The average Bonchev–Trinajstić information content (AvgIpc) is 3.00. The monoisotopic (exact) mass is 426 g/mol. The van der Waals surface area contributed by atoms with Crippen molar-refractivity contribution in [2.24, 2.45) is 0 Å². The standard InChI is InChI=1S/C23H30N4O4/c1-2-19(28)25-18-10-7-17(8-11-18)9-12-20(29)24-15-6-16-27-21(30)23(26-22(27)31)13-4-3-5-14-23/h2,7-8,10-11H,1,3-6,9,12-16H2,(H,24,29)(H,25,28)(H,26,31). The molecular formula is C23H30N4O4. The lowest BCUT2D eigenvalue weighted by atomic mass is 9.82. The van der Waals surface area contributed by atoms with Gasteiger partial charge in [0.1, 0.15) is 5.54 Å². The summed E-state index contributed by atoms with van der Waals surface area (Å²) in [6.45, 7) is 4.13. The Labute approximate surface area is 182 Å². The molecule has 31 heavy (non-hydrogen) atoms. The van der Waals surface area contributed by atoms with Crippen LogP contribution < -0.4 is 16.0 Å². The molecule has 1 aromatic rings. The average molecular weight is 427 g/mol. The highest BCUT2D eigenvalue weighted by molar-refractivity contribution is 6.07. The van der Waals surface area contributed by atoms with Gasteiger partial charge in [-0.05, 0) is 49.5 Å². The molecule has 1 heterocycles. The van der Waals surface area contributed by atoms with Gasteiger partial charge in [-0.15, -0.1) is 0 Å². The minimum atomic E-state index is -0.692. The van der Waals surface area contributed by atoms with Gasteiger partial charge in [0.15, 0.2) is 0 Å². The highest BCUT2D eigenvalue weighted by atomic mass is 16.2. The van der Waals surface area contributed by atoms with Crippen LogP contribution in [0.2, 0.25) is 0 Å². The zero-order valence-corrected chi connectivity index (χ0v) is 17.7. The van der Waals surface area contributed by atoms with Crippen LogP contribution >= 0.6 is 0 Å². The minimum Gasteiger partial charge on any atom is -0.356 e. The van der Waals surface area contributed by atoms with Crippen molar-refractivity contribution in [3.05, 3.63) is 42.5 Å². The molecule has 2 fully saturated rings. The van der Waals surface area contributed by atoms with Crippen LogP contribution in [0.15, 0.2) is 36.9 Å². The van der Waals surface area contributed by atoms with Gasteiger partial charge in [-0.3, -0.25) is 19.3 Å². The van der Waals surface area contributed by atoms with Crippen LogP contribution in [0.5, 0.6) is 0 Å². The van der Waals surface area contributed by atoms with E-state index in [0.717, 1.165) is 24.8 Å². The molecule has 0 radical (unpaired) electrons. The van der Waals surface area contributed by atoms with Crippen LogP contribution in [-0.4, -0.2) is 47.3 Å². The van der Waals surface area contributed by atoms with Crippen molar-refractivity contribution in [2.75, 3.05) is 18.4 Å². The smallest absolute Gasteiger partial charge is 0.325 e. The summed E-state index contributed by atoms with van der Waals surface area (Å²) in [6, 6.07) is 6.98. The maximum atomic E-state index is 12.7. The summed E-state index contributed by atoms with van der Waals surface area (Å²) < 4.78 is 0. The number of amides is 5. The van der Waals surface area contributed by atoms with Crippen LogP contribution in [-0.2, 0) is 20.8 Å². The molecule has 0 bridgehead atoms. The number of hydrogen-bond acceptors (Lipinski definition) is 4. The second-order valence-corrected chi connectivity index (χ2v) is 8.12. The maximum absolute atomic E-state index is 12.7. The van der Waals surface area contributed by atoms with Gasteiger partial charge in [0.2, 0.25) is 11.8 Å². The van der Waals surface area contributed by atoms with Crippen molar-refractivity contribution in [3.63, 3.8) is 0 Å². The van der Waals surface area contributed by atoms with E-state index in [1.54, 1.807) is 12.1 Å². The molecular weight excluding hydrogens is 396 g/mol. The topological polar surface area (TPSA) is 108 Å². The summed E-state index contributed by atoms with van der Waals surface area (Å²) in [6.07, 6.45) is 7.11. The predicted octanol–water partition coefficient (Wildman–Crippen LogP) is 2.50. The third-order valence-electron chi connectivity index (χ3n) is 5.88. The number of carbonyl (C=O) groups excluding carboxylic acids is 4. The Hall–Kier alpha value is -3.16. The van der Waals surface area contributed by atoms with Crippen molar-refractivity contribution >= 4 is 29.4 Å². The molecule has 2 aliphatic rings. The number of benzene rings is 1. The molecule has 5 amide bonds. The number of aryl methyl sites for hydroxylation is 1. The van der Waals surface area contributed by atoms with Crippen LogP contribution in [0.1, 0.15) is 50.5 Å². The zero-order valence-electron chi connectivity index (χ0n) is 17.7. The molecule has 1 aromatic carbocycles. The molecule has 1 saturated carbocycles. The van der Waals surface area contributed by atoms with Crippen LogP contribution in [0.3, 0.4) is 0 Å². The molecule has 1 aliphatic carbocycles. The molecule has 8 nitrogen and oxygen atoms in total. The Morgan fingerprint density at radius 1 is 1.13 bits per heavy atom. The number of anilines is 1. The predicted molar refractivity (Wildman–Crippen MR) is 117 cm³/mol. The second-order valence-electron chi connectivity index (χ2n) is 8.12. The Morgan fingerprint density at radius 3 is 2.52 bits per heavy atom.